The second-order valence-electron chi connectivity index (χ2n) is 5.49. The van der Waals surface area contributed by atoms with Crippen LogP contribution in [-0.4, -0.2) is 45.4 Å². The fraction of sp³-hybridized carbons (Fsp3) is 0.643. The van der Waals surface area contributed by atoms with Crippen LogP contribution in [-0.2, 0) is 14.8 Å². The predicted octanol–water partition coefficient (Wildman–Crippen LogP) is 1.46. The summed E-state index contributed by atoms with van der Waals surface area (Å²) in [7, 11) is -2.58. The number of rotatable bonds is 4. The van der Waals surface area contributed by atoms with Gasteiger partial charge in [0, 0.05) is 13.1 Å². The van der Waals surface area contributed by atoms with Gasteiger partial charge in [-0.1, -0.05) is 0 Å². The lowest BCUT2D eigenvalue weighted by molar-refractivity contribution is 0.0594. The molecule has 0 atom stereocenters. The first-order chi connectivity index (χ1) is 10.3. The van der Waals surface area contributed by atoms with Gasteiger partial charge in [-0.05, 0) is 39.2 Å². The SMILES string of the molecule is COC(=O)c1c(C)oc(C)c1S(=O)(=O)N1CCC(CN)CC1.Cl. The number of halogens is 1. The van der Waals surface area contributed by atoms with E-state index < -0.39 is 16.0 Å². The summed E-state index contributed by atoms with van der Waals surface area (Å²) in [4.78, 5) is 11.8. The molecule has 132 valence electrons. The summed E-state index contributed by atoms with van der Waals surface area (Å²) < 4.78 is 37.2. The number of nitrogens with two attached hydrogens (primary N) is 1. The Hall–Kier alpha value is -1.09. The molecule has 0 saturated carbocycles. The monoisotopic (exact) mass is 366 g/mol. The molecule has 2 N–H and O–H groups in total. The normalized spacial score (nSPS) is 16.9. The molecule has 0 aliphatic carbocycles. The smallest absolute Gasteiger partial charge is 0.342 e. The molecule has 1 saturated heterocycles. The Morgan fingerprint density at radius 3 is 2.35 bits per heavy atom. The van der Waals surface area contributed by atoms with E-state index in [-0.39, 0.29) is 34.4 Å². The molecule has 1 aromatic heterocycles. The minimum Gasteiger partial charge on any atom is -0.465 e. The van der Waals surface area contributed by atoms with E-state index >= 15 is 0 Å². The lowest BCUT2D eigenvalue weighted by atomic mass is 9.99. The standard InChI is InChI=1S/C14H22N2O5S.ClH/c1-9-12(14(17)20-3)13(10(2)21-9)22(18,19)16-6-4-11(8-15)5-7-16;/h11H,4-8,15H2,1-3H3;1H. The topological polar surface area (TPSA) is 103 Å². The molecule has 1 aromatic rings. The van der Waals surface area contributed by atoms with Crippen LogP contribution in [0.2, 0.25) is 0 Å². The Morgan fingerprint density at radius 2 is 1.87 bits per heavy atom. The van der Waals surface area contributed by atoms with Gasteiger partial charge in [-0.15, -0.1) is 12.4 Å². The molecule has 0 radical (unpaired) electrons. The third-order valence-corrected chi connectivity index (χ3v) is 6.15. The fourth-order valence-electron chi connectivity index (χ4n) is 2.83. The first-order valence-corrected chi connectivity index (χ1v) is 8.65. The summed E-state index contributed by atoms with van der Waals surface area (Å²) in [6.07, 6.45) is 1.44. The molecule has 1 aliphatic rings. The van der Waals surface area contributed by atoms with E-state index in [1.165, 1.54) is 11.4 Å². The third kappa shape index (κ3) is 3.71. The molecule has 2 heterocycles. The number of hydrogen-bond donors (Lipinski definition) is 1. The van der Waals surface area contributed by atoms with Crippen LogP contribution in [0.3, 0.4) is 0 Å². The van der Waals surface area contributed by atoms with Gasteiger partial charge in [0.2, 0.25) is 10.0 Å². The number of carbonyl (C=O) groups is 1. The number of piperidine rings is 1. The molecule has 0 unspecified atom stereocenters. The number of aryl methyl sites for hydroxylation is 2. The van der Waals surface area contributed by atoms with Crippen LogP contribution in [0.15, 0.2) is 9.31 Å². The molecule has 0 spiro atoms. The van der Waals surface area contributed by atoms with Gasteiger partial charge in [-0.25, -0.2) is 13.2 Å². The van der Waals surface area contributed by atoms with Gasteiger partial charge >= 0.3 is 5.97 Å². The Bertz CT molecular complexity index is 663. The van der Waals surface area contributed by atoms with Crippen molar-refractivity contribution in [2.24, 2.45) is 11.7 Å². The zero-order valence-corrected chi connectivity index (χ0v) is 15.1. The predicted molar refractivity (Wildman–Crippen MR) is 87.3 cm³/mol. The number of ether oxygens (including phenoxy) is 1. The van der Waals surface area contributed by atoms with Gasteiger partial charge in [-0.2, -0.15) is 4.31 Å². The van der Waals surface area contributed by atoms with Crippen molar-refractivity contribution in [1.82, 2.24) is 4.31 Å². The summed E-state index contributed by atoms with van der Waals surface area (Å²) in [6.45, 7) is 4.45. The Balaban J connectivity index is 0.00000264. The van der Waals surface area contributed by atoms with Crippen LogP contribution in [0.1, 0.15) is 34.7 Å². The van der Waals surface area contributed by atoms with Crippen molar-refractivity contribution in [3.05, 3.63) is 17.1 Å². The summed E-state index contributed by atoms with van der Waals surface area (Å²) >= 11 is 0. The van der Waals surface area contributed by atoms with E-state index in [1.54, 1.807) is 13.8 Å². The summed E-state index contributed by atoms with van der Waals surface area (Å²) in [5, 5.41) is 0. The van der Waals surface area contributed by atoms with Gasteiger partial charge in [0.1, 0.15) is 22.0 Å². The van der Waals surface area contributed by atoms with Crippen molar-refractivity contribution < 1.29 is 22.4 Å². The van der Waals surface area contributed by atoms with Gasteiger partial charge in [0.25, 0.3) is 0 Å². The number of hydrogen-bond acceptors (Lipinski definition) is 6. The second-order valence-corrected chi connectivity index (χ2v) is 7.37. The zero-order valence-electron chi connectivity index (χ0n) is 13.5. The van der Waals surface area contributed by atoms with E-state index in [0.717, 1.165) is 12.8 Å². The Labute approximate surface area is 142 Å². The molecule has 9 heteroatoms. The van der Waals surface area contributed by atoms with Crippen LogP contribution in [0, 0.1) is 19.8 Å². The van der Waals surface area contributed by atoms with Crippen molar-refractivity contribution in [2.75, 3.05) is 26.7 Å². The van der Waals surface area contributed by atoms with Gasteiger partial charge in [-0.3, -0.25) is 0 Å². The van der Waals surface area contributed by atoms with E-state index in [9.17, 15) is 13.2 Å². The minimum absolute atomic E-state index is 0. The van der Waals surface area contributed by atoms with Crippen LogP contribution in [0.5, 0.6) is 0 Å². The van der Waals surface area contributed by atoms with Crippen molar-refractivity contribution >= 4 is 28.4 Å². The molecule has 0 aromatic carbocycles. The average molecular weight is 367 g/mol. The van der Waals surface area contributed by atoms with Crippen molar-refractivity contribution in [3.8, 4) is 0 Å². The van der Waals surface area contributed by atoms with Crippen molar-refractivity contribution in [2.45, 2.75) is 31.6 Å². The number of esters is 1. The Kier molecular flexibility index (Phi) is 6.64. The van der Waals surface area contributed by atoms with E-state index in [1.807, 2.05) is 0 Å². The summed E-state index contributed by atoms with van der Waals surface area (Å²) in [5.41, 5.74) is 5.62. The fourth-order valence-corrected chi connectivity index (χ4v) is 4.67. The number of sulfonamides is 1. The van der Waals surface area contributed by atoms with Crippen molar-refractivity contribution in [3.63, 3.8) is 0 Å². The maximum absolute atomic E-state index is 12.9. The Morgan fingerprint density at radius 1 is 1.30 bits per heavy atom. The first kappa shape index (κ1) is 20.0. The maximum Gasteiger partial charge on any atom is 0.342 e. The van der Waals surface area contributed by atoms with E-state index in [2.05, 4.69) is 4.74 Å². The zero-order chi connectivity index (χ0) is 16.5. The molecule has 2 rings (SSSR count). The number of nitrogens with zero attached hydrogens (tertiary/aromatic N) is 1. The van der Waals surface area contributed by atoms with Crippen LogP contribution < -0.4 is 5.73 Å². The highest BCUT2D eigenvalue weighted by atomic mass is 35.5. The van der Waals surface area contributed by atoms with Crippen LogP contribution in [0.25, 0.3) is 0 Å². The van der Waals surface area contributed by atoms with Gasteiger partial charge < -0.3 is 14.9 Å². The van der Waals surface area contributed by atoms with Crippen LogP contribution in [0.4, 0.5) is 0 Å². The molecule has 1 fully saturated rings. The highest BCUT2D eigenvalue weighted by Crippen LogP contribution is 2.31. The highest BCUT2D eigenvalue weighted by Gasteiger charge is 2.37. The molecule has 23 heavy (non-hydrogen) atoms. The largest absolute Gasteiger partial charge is 0.465 e. The molecule has 0 bridgehead atoms. The number of methoxy groups -OCH3 is 1. The summed E-state index contributed by atoms with van der Waals surface area (Å²) in [5.74, 6) is 0.0992. The summed E-state index contributed by atoms with van der Waals surface area (Å²) in [6, 6.07) is 0. The molecule has 1 aliphatic heterocycles. The van der Waals surface area contributed by atoms with Crippen molar-refractivity contribution in [1.29, 1.82) is 0 Å². The molecule has 7 nitrogen and oxygen atoms in total. The molecule has 0 amide bonds. The van der Waals surface area contributed by atoms with E-state index in [0.29, 0.717) is 25.6 Å². The van der Waals surface area contributed by atoms with Gasteiger partial charge in [0.15, 0.2) is 0 Å². The quantitative estimate of drug-likeness (QED) is 0.809. The maximum atomic E-state index is 12.9. The lowest BCUT2D eigenvalue weighted by Gasteiger charge is -2.30. The van der Waals surface area contributed by atoms with E-state index in [4.69, 9.17) is 10.2 Å². The number of carbonyl (C=O) groups excluding carboxylic acids is 1. The minimum atomic E-state index is -3.79. The highest BCUT2D eigenvalue weighted by molar-refractivity contribution is 7.89. The van der Waals surface area contributed by atoms with Crippen LogP contribution >= 0.6 is 12.4 Å². The average Bonchev–Trinajstić information content (AvgIpc) is 2.81. The number of furan rings is 1. The molecular weight excluding hydrogens is 344 g/mol. The lowest BCUT2D eigenvalue weighted by Crippen LogP contribution is -2.40. The molecular formula is C14H23ClN2O5S. The third-order valence-electron chi connectivity index (χ3n) is 4.10. The second kappa shape index (κ2) is 7.65. The first-order valence-electron chi connectivity index (χ1n) is 7.21. The van der Waals surface area contributed by atoms with Gasteiger partial charge in [0.05, 0.1) is 7.11 Å².